The molecule has 0 fully saturated rings. The lowest BCUT2D eigenvalue weighted by Crippen LogP contribution is -2.04. The number of benzene rings is 1. The van der Waals surface area contributed by atoms with Crippen LogP contribution in [0.15, 0.2) is 23.4 Å². The number of hydrogen-bond donors (Lipinski definition) is 2. The Morgan fingerprint density at radius 1 is 1.15 bits per heavy atom. The third-order valence-electron chi connectivity index (χ3n) is 2.12. The first-order valence-corrected chi connectivity index (χ1v) is 5.64. The van der Waals surface area contributed by atoms with Crippen LogP contribution in [0.1, 0.15) is 10.4 Å². The number of allylic oxidation sites excluding steroid dienone is 2. The van der Waals surface area contributed by atoms with Crippen molar-refractivity contribution in [2.75, 3.05) is 5.32 Å². The third-order valence-corrected chi connectivity index (χ3v) is 2.92. The first-order valence-electron chi connectivity index (χ1n) is 4.88. The molecular weight excluding hydrogens is 303 g/mol. The monoisotopic (exact) mass is 306 g/mol. The summed E-state index contributed by atoms with van der Waals surface area (Å²) in [7, 11) is 0. The number of carbonyl (C=O) groups is 1. The van der Waals surface area contributed by atoms with Crippen molar-refractivity contribution >= 4 is 34.9 Å². The van der Waals surface area contributed by atoms with E-state index >= 15 is 0 Å². The van der Waals surface area contributed by atoms with Gasteiger partial charge in [0, 0.05) is 0 Å². The number of halogens is 2. The second-order valence-electron chi connectivity index (χ2n) is 3.34. The fourth-order valence-electron chi connectivity index (χ4n) is 1.22. The van der Waals surface area contributed by atoms with Gasteiger partial charge >= 0.3 is 5.97 Å². The minimum Gasteiger partial charge on any atom is -0.478 e. The maximum atomic E-state index is 10.9. The summed E-state index contributed by atoms with van der Waals surface area (Å²) in [6, 6.07) is 6.97. The van der Waals surface area contributed by atoms with Gasteiger partial charge in [-0.05, 0) is 12.1 Å². The van der Waals surface area contributed by atoms with E-state index in [2.05, 4.69) is 5.32 Å². The topological polar surface area (TPSA) is 121 Å². The Bertz CT molecular complexity index is 720. The van der Waals surface area contributed by atoms with Crippen LogP contribution in [-0.4, -0.2) is 11.1 Å². The second-order valence-corrected chi connectivity index (χ2v) is 4.12. The smallest absolute Gasteiger partial charge is 0.335 e. The van der Waals surface area contributed by atoms with Crippen LogP contribution >= 0.6 is 23.2 Å². The number of hydrogen-bond acceptors (Lipinski definition) is 5. The molecule has 0 bridgehead atoms. The molecule has 1 aromatic carbocycles. The van der Waals surface area contributed by atoms with Crippen LogP contribution < -0.4 is 5.32 Å². The molecule has 98 valence electrons. The highest BCUT2D eigenvalue weighted by molar-refractivity contribution is 6.44. The molecular formula is C12H4Cl2N4O2. The van der Waals surface area contributed by atoms with Crippen molar-refractivity contribution in [2.45, 2.75) is 0 Å². The van der Waals surface area contributed by atoms with Gasteiger partial charge in [-0.15, -0.1) is 0 Å². The highest BCUT2D eigenvalue weighted by Gasteiger charge is 2.14. The molecule has 2 N–H and O–H groups in total. The first kappa shape index (κ1) is 15.3. The van der Waals surface area contributed by atoms with E-state index in [0.717, 1.165) is 12.1 Å². The zero-order chi connectivity index (χ0) is 15.3. The third kappa shape index (κ3) is 3.18. The number of nitrogens with zero attached hydrogens (tertiary/aromatic N) is 3. The molecule has 0 amide bonds. The van der Waals surface area contributed by atoms with Crippen LogP contribution in [0.5, 0.6) is 0 Å². The summed E-state index contributed by atoms with van der Waals surface area (Å²) in [5, 5.41) is 37.6. The molecule has 0 heterocycles. The summed E-state index contributed by atoms with van der Waals surface area (Å²) >= 11 is 11.6. The van der Waals surface area contributed by atoms with Gasteiger partial charge < -0.3 is 10.4 Å². The van der Waals surface area contributed by atoms with Crippen molar-refractivity contribution < 1.29 is 9.90 Å². The maximum absolute atomic E-state index is 10.9. The van der Waals surface area contributed by atoms with Gasteiger partial charge in [0.1, 0.15) is 23.9 Å². The first-order chi connectivity index (χ1) is 9.44. The largest absolute Gasteiger partial charge is 0.478 e. The number of aromatic carboxylic acids is 1. The number of carboxylic acids is 1. The molecule has 0 unspecified atom stereocenters. The molecule has 6 nitrogen and oxygen atoms in total. The quantitative estimate of drug-likeness (QED) is 0.828. The molecule has 0 aliphatic heterocycles. The molecule has 20 heavy (non-hydrogen) atoms. The summed E-state index contributed by atoms with van der Waals surface area (Å²) in [5.74, 6) is -1.24. The average Bonchev–Trinajstić information content (AvgIpc) is 2.42. The molecule has 0 radical (unpaired) electrons. The lowest BCUT2D eigenvalue weighted by molar-refractivity contribution is 0.0697. The van der Waals surface area contributed by atoms with Gasteiger partial charge in [0.15, 0.2) is 5.57 Å². The van der Waals surface area contributed by atoms with Gasteiger partial charge in [-0.2, -0.15) is 15.8 Å². The maximum Gasteiger partial charge on any atom is 0.335 e. The molecule has 0 atom stereocenters. The Morgan fingerprint density at radius 2 is 1.75 bits per heavy atom. The SMILES string of the molecule is N#CC(C#N)=C(C#N)Nc1cc(C(=O)O)cc(Cl)c1Cl. The van der Waals surface area contributed by atoms with E-state index in [0.29, 0.717) is 0 Å². The van der Waals surface area contributed by atoms with Crippen molar-refractivity contribution in [3.8, 4) is 18.2 Å². The second kappa shape index (κ2) is 6.45. The predicted octanol–water partition coefficient (Wildman–Crippen LogP) is 2.93. The minimum absolute atomic E-state index is 0.0103. The Morgan fingerprint density at radius 3 is 2.20 bits per heavy atom. The highest BCUT2D eigenvalue weighted by Crippen LogP contribution is 2.32. The van der Waals surface area contributed by atoms with Crippen LogP contribution in [0.25, 0.3) is 0 Å². The molecule has 1 aromatic rings. The molecule has 0 aliphatic rings. The summed E-state index contributed by atoms with van der Waals surface area (Å²) in [6.07, 6.45) is 0. The van der Waals surface area contributed by atoms with E-state index < -0.39 is 11.5 Å². The van der Waals surface area contributed by atoms with E-state index in [4.69, 9.17) is 44.1 Å². The Balaban J connectivity index is 3.40. The zero-order valence-corrected chi connectivity index (χ0v) is 11.1. The number of rotatable bonds is 3. The van der Waals surface area contributed by atoms with Crippen molar-refractivity contribution in [2.24, 2.45) is 0 Å². The van der Waals surface area contributed by atoms with Crippen molar-refractivity contribution in [3.05, 3.63) is 39.0 Å². The highest BCUT2D eigenvalue weighted by atomic mass is 35.5. The Labute approximate surface area is 123 Å². The van der Waals surface area contributed by atoms with Gasteiger partial charge in [-0.25, -0.2) is 4.79 Å². The Hall–Kier alpha value is -2.72. The van der Waals surface area contributed by atoms with Crippen LogP contribution in [0.3, 0.4) is 0 Å². The number of nitriles is 3. The van der Waals surface area contributed by atoms with Gasteiger partial charge in [-0.3, -0.25) is 0 Å². The summed E-state index contributed by atoms with van der Waals surface area (Å²) in [6.45, 7) is 0. The number of anilines is 1. The fourth-order valence-corrected chi connectivity index (χ4v) is 1.60. The molecule has 1 rings (SSSR count). The zero-order valence-electron chi connectivity index (χ0n) is 9.61. The number of nitrogens with one attached hydrogen (secondary N) is 1. The van der Waals surface area contributed by atoms with Gasteiger partial charge in [0.05, 0.1) is 21.3 Å². The van der Waals surface area contributed by atoms with Crippen LogP contribution in [0.2, 0.25) is 10.0 Å². The normalized spacial score (nSPS) is 8.75. The summed E-state index contributed by atoms with van der Waals surface area (Å²) in [5.41, 5.74) is -0.957. The molecule has 8 heteroatoms. The van der Waals surface area contributed by atoms with Gasteiger partial charge in [0.25, 0.3) is 0 Å². The standard InChI is InChI=1S/C12H4Cl2N4O2/c13-8-1-6(12(19)20)2-9(11(8)14)18-10(5-17)7(3-15)4-16/h1-2,18H,(H,19,20). The van der Waals surface area contributed by atoms with Crippen LogP contribution in [0.4, 0.5) is 5.69 Å². The van der Waals surface area contributed by atoms with Gasteiger partial charge in [0.2, 0.25) is 0 Å². The van der Waals surface area contributed by atoms with Crippen molar-refractivity contribution in [1.29, 1.82) is 15.8 Å². The molecule has 0 aromatic heterocycles. The summed E-state index contributed by atoms with van der Waals surface area (Å²) in [4.78, 5) is 10.9. The lowest BCUT2D eigenvalue weighted by Gasteiger charge is -2.09. The predicted molar refractivity (Wildman–Crippen MR) is 70.9 cm³/mol. The van der Waals surface area contributed by atoms with E-state index in [9.17, 15) is 4.79 Å². The van der Waals surface area contributed by atoms with E-state index in [1.807, 2.05) is 0 Å². The fraction of sp³-hybridized carbons (Fsp3) is 0. The summed E-state index contributed by atoms with van der Waals surface area (Å²) < 4.78 is 0. The molecule has 0 saturated heterocycles. The van der Waals surface area contributed by atoms with Crippen molar-refractivity contribution in [3.63, 3.8) is 0 Å². The van der Waals surface area contributed by atoms with Gasteiger partial charge in [-0.1, -0.05) is 23.2 Å². The Kier molecular flexibility index (Phi) is 4.94. The van der Waals surface area contributed by atoms with Crippen molar-refractivity contribution in [1.82, 2.24) is 0 Å². The molecule has 0 saturated carbocycles. The van der Waals surface area contributed by atoms with Crippen LogP contribution in [0, 0.1) is 34.0 Å². The van der Waals surface area contributed by atoms with E-state index in [-0.39, 0.29) is 27.0 Å². The average molecular weight is 307 g/mol. The van der Waals surface area contributed by atoms with E-state index in [1.54, 1.807) is 6.07 Å². The van der Waals surface area contributed by atoms with E-state index in [1.165, 1.54) is 12.1 Å². The lowest BCUT2D eigenvalue weighted by atomic mass is 10.2. The molecule has 0 aliphatic carbocycles. The molecule has 0 spiro atoms. The van der Waals surface area contributed by atoms with Crippen LogP contribution in [-0.2, 0) is 0 Å². The minimum atomic E-state index is -1.24. The number of carboxylic acid groups (broad SMARTS) is 1.